The molecule has 0 spiro atoms. The Morgan fingerprint density at radius 2 is 1.22 bits per heavy atom. The first-order valence-electron chi connectivity index (χ1n) is 14.0. The lowest BCUT2D eigenvalue weighted by Gasteiger charge is -2.55. The van der Waals surface area contributed by atoms with Crippen molar-refractivity contribution in [2.45, 2.75) is 141 Å². The highest BCUT2D eigenvalue weighted by Crippen LogP contribution is 2.45. The molecule has 32 heavy (non-hydrogen) atoms. The number of hydrogen-bond donors (Lipinski definition) is 0. The van der Waals surface area contributed by atoms with Crippen molar-refractivity contribution in [3.63, 3.8) is 0 Å². The summed E-state index contributed by atoms with van der Waals surface area (Å²) >= 11 is 0. The summed E-state index contributed by atoms with van der Waals surface area (Å²) in [6.07, 6.45) is 20.8. The molecular weight excluding hydrogens is 414 g/mol. The van der Waals surface area contributed by atoms with Gasteiger partial charge >= 0.3 is 8.56 Å². The first-order chi connectivity index (χ1) is 15.6. The van der Waals surface area contributed by atoms with Crippen LogP contribution >= 0.6 is 0 Å². The van der Waals surface area contributed by atoms with E-state index in [1.54, 1.807) is 0 Å². The molecule has 192 valence electrons. The van der Waals surface area contributed by atoms with Gasteiger partial charge < -0.3 is 13.6 Å². The molecule has 2 atom stereocenters. The van der Waals surface area contributed by atoms with Crippen LogP contribution in [0.3, 0.4) is 0 Å². The summed E-state index contributed by atoms with van der Waals surface area (Å²) in [6.45, 7) is 9.26. The summed E-state index contributed by atoms with van der Waals surface area (Å²) in [6, 6.07) is 1.46. The van der Waals surface area contributed by atoms with Gasteiger partial charge in [0.2, 0.25) is 0 Å². The average molecular weight is 472 g/mol. The van der Waals surface area contributed by atoms with Crippen molar-refractivity contribution in [3.05, 3.63) is 0 Å². The molecule has 4 nitrogen and oxygen atoms in total. The molecule has 0 aromatic rings. The Kier molecular flexibility index (Phi) is 16.4. The second-order valence-electron chi connectivity index (χ2n) is 9.98. The Labute approximate surface area is 202 Å². The molecule has 0 N–H and O–H groups in total. The van der Waals surface area contributed by atoms with Crippen molar-refractivity contribution < 1.29 is 13.6 Å². The summed E-state index contributed by atoms with van der Waals surface area (Å²) < 4.78 is 19.0. The van der Waals surface area contributed by atoms with Crippen molar-refractivity contribution in [3.8, 4) is 0 Å². The van der Waals surface area contributed by atoms with Gasteiger partial charge in [-0.1, -0.05) is 91.4 Å². The van der Waals surface area contributed by atoms with Gasteiger partial charge in [0.15, 0.2) is 0 Å². The first kappa shape index (κ1) is 30.1. The van der Waals surface area contributed by atoms with Crippen molar-refractivity contribution in [1.29, 1.82) is 0 Å². The second kappa shape index (κ2) is 17.5. The summed E-state index contributed by atoms with van der Waals surface area (Å²) in [5, 5.41) is -0.270. The molecule has 1 aliphatic rings. The largest absolute Gasteiger partial charge is 0.396 e. The molecule has 0 aromatic carbocycles. The van der Waals surface area contributed by atoms with Crippen LogP contribution in [0.15, 0.2) is 0 Å². The van der Waals surface area contributed by atoms with Crippen molar-refractivity contribution in [1.82, 2.24) is 4.90 Å². The van der Waals surface area contributed by atoms with Crippen LogP contribution in [-0.2, 0) is 13.6 Å². The van der Waals surface area contributed by atoms with Gasteiger partial charge in [-0.2, -0.15) is 0 Å². The molecule has 1 fully saturated rings. The topological polar surface area (TPSA) is 30.9 Å². The maximum absolute atomic E-state index is 6.50. The van der Waals surface area contributed by atoms with E-state index in [9.17, 15) is 0 Å². The van der Waals surface area contributed by atoms with Gasteiger partial charge in [-0.15, -0.1) is 0 Å². The third-order valence-corrected chi connectivity index (χ3v) is 12.3. The smallest absolute Gasteiger partial charge is 0.372 e. The van der Waals surface area contributed by atoms with Crippen LogP contribution in [0.25, 0.3) is 0 Å². The third-order valence-electron chi connectivity index (χ3n) is 7.85. The Morgan fingerprint density at radius 3 is 1.66 bits per heavy atom. The van der Waals surface area contributed by atoms with E-state index in [1.165, 1.54) is 103 Å². The minimum absolute atomic E-state index is 0.270. The second-order valence-corrected chi connectivity index (χ2v) is 13.7. The Balaban J connectivity index is 2.94. The molecule has 5 heteroatoms. The van der Waals surface area contributed by atoms with E-state index in [2.05, 4.69) is 25.7 Å². The lowest BCUT2D eigenvalue weighted by molar-refractivity contribution is -0.0747. The van der Waals surface area contributed by atoms with Crippen LogP contribution in [0.2, 0.25) is 6.04 Å². The van der Waals surface area contributed by atoms with Gasteiger partial charge in [0.05, 0.1) is 0 Å². The van der Waals surface area contributed by atoms with Crippen LogP contribution in [-0.4, -0.2) is 59.1 Å². The number of unbranched alkanes of at least 4 members (excludes halogenated alkanes) is 10. The van der Waals surface area contributed by atoms with E-state index in [0.29, 0.717) is 6.04 Å². The highest BCUT2D eigenvalue weighted by atomic mass is 28.4. The van der Waals surface area contributed by atoms with Gasteiger partial charge in [0.25, 0.3) is 0 Å². The Bertz CT molecular complexity index is 431. The number of rotatable bonds is 20. The SMILES string of the molecule is CCCCCCCCN(CCCCCCCC)C1CCC[Si](OC)(OC)C1(CCC)OC. The third kappa shape index (κ3) is 8.37. The normalized spacial score (nSPS) is 23.2. The van der Waals surface area contributed by atoms with E-state index in [4.69, 9.17) is 13.6 Å². The molecule has 0 radical (unpaired) electrons. The summed E-state index contributed by atoms with van der Waals surface area (Å²) in [5.74, 6) is 0. The van der Waals surface area contributed by atoms with E-state index in [1.807, 2.05) is 21.3 Å². The average Bonchev–Trinajstić information content (AvgIpc) is 2.82. The van der Waals surface area contributed by atoms with Gasteiger partial charge in [0.1, 0.15) is 5.22 Å². The number of hydrogen-bond acceptors (Lipinski definition) is 4. The zero-order chi connectivity index (χ0) is 23.7. The minimum Gasteiger partial charge on any atom is -0.396 e. The number of methoxy groups -OCH3 is 1. The molecule has 2 unspecified atom stereocenters. The van der Waals surface area contributed by atoms with Crippen molar-refractivity contribution >= 4 is 8.56 Å². The molecule has 0 aromatic heterocycles. The highest BCUT2D eigenvalue weighted by molar-refractivity contribution is 6.71. The van der Waals surface area contributed by atoms with Crippen LogP contribution < -0.4 is 0 Å². The first-order valence-corrected chi connectivity index (χ1v) is 16.0. The van der Waals surface area contributed by atoms with Crippen LogP contribution in [0.1, 0.15) is 124 Å². The van der Waals surface area contributed by atoms with Crippen LogP contribution in [0.4, 0.5) is 0 Å². The predicted molar refractivity (Wildman–Crippen MR) is 141 cm³/mol. The molecule has 0 amide bonds. The molecule has 1 aliphatic heterocycles. The molecule has 1 rings (SSSR count). The highest BCUT2D eigenvalue weighted by Gasteiger charge is 2.64. The standard InChI is InChI=1S/C27H57NO3Si/c1-7-10-12-14-16-18-23-28(24-19-17-15-13-11-8-2)26-21-20-25-32(30-5,31-6)27(26,29-4)22-9-3/h26H,7-25H2,1-6H3. The fourth-order valence-corrected chi connectivity index (χ4v) is 10.2. The van der Waals surface area contributed by atoms with Crippen LogP contribution in [0, 0.1) is 0 Å². The quantitative estimate of drug-likeness (QED) is 0.135. The zero-order valence-electron chi connectivity index (χ0n) is 22.7. The van der Waals surface area contributed by atoms with Gasteiger partial charge in [-0.3, -0.25) is 4.90 Å². The predicted octanol–water partition coefficient (Wildman–Crippen LogP) is 7.63. The zero-order valence-corrected chi connectivity index (χ0v) is 23.7. The van der Waals surface area contributed by atoms with Gasteiger partial charge in [-0.25, -0.2) is 0 Å². The van der Waals surface area contributed by atoms with E-state index in [0.717, 1.165) is 18.9 Å². The van der Waals surface area contributed by atoms with Gasteiger partial charge in [-0.05, 0) is 51.2 Å². The van der Waals surface area contributed by atoms with Gasteiger partial charge in [0, 0.05) is 27.4 Å². The van der Waals surface area contributed by atoms with Crippen molar-refractivity contribution in [2.75, 3.05) is 34.4 Å². The fourth-order valence-electron chi connectivity index (χ4n) is 6.07. The maximum Gasteiger partial charge on any atom is 0.372 e. The Morgan fingerprint density at radius 1 is 0.719 bits per heavy atom. The summed E-state index contributed by atoms with van der Waals surface area (Å²) in [4.78, 5) is 2.80. The molecule has 0 saturated carbocycles. The van der Waals surface area contributed by atoms with E-state index < -0.39 is 8.56 Å². The molecular formula is C27H57NO3Si. The molecule has 1 saturated heterocycles. The summed E-state index contributed by atoms with van der Waals surface area (Å²) in [5.41, 5.74) is 0. The Hall–Kier alpha value is 0.0569. The monoisotopic (exact) mass is 471 g/mol. The summed E-state index contributed by atoms with van der Waals surface area (Å²) in [7, 11) is 3.20. The lowest BCUT2D eigenvalue weighted by atomic mass is 9.96. The number of ether oxygens (including phenoxy) is 1. The van der Waals surface area contributed by atoms with Crippen LogP contribution in [0.5, 0.6) is 0 Å². The molecule has 0 aliphatic carbocycles. The molecule has 1 heterocycles. The lowest BCUT2D eigenvalue weighted by Crippen LogP contribution is -2.73. The van der Waals surface area contributed by atoms with E-state index in [-0.39, 0.29) is 5.22 Å². The minimum atomic E-state index is -2.45. The molecule has 0 bridgehead atoms. The maximum atomic E-state index is 6.50. The number of nitrogens with zero attached hydrogens (tertiary/aromatic N) is 1. The van der Waals surface area contributed by atoms with Crippen molar-refractivity contribution in [2.24, 2.45) is 0 Å². The fraction of sp³-hybridized carbons (Fsp3) is 1.00. The van der Waals surface area contributed by atoms with E-state index >= 15 is 0 Å².